The average molecular weight is 172 g/mol. The van der Waals surface area contributed by atoms with E-state index < -0.39 is 0 Å². The normalized spacial score (nSPS) is 25.0. The SMILES string of the molecule is COCCNCC1CCCN1C. The molecule has 1 aliphatic rings. The zero-order valence-electron chi connectivity index (χ0n) is 8.18. The minimum Gasteiger partial charge on any atom is -0.383 e. The van der Waals surface area contributed by atoms with Crippen molar-refractivity contribution in [3.8, 4) is 0 Å². The molecule has 0 aromatic heterocycles. The highest BCUT2D eigenvalue weighted by Gasteiger charge is 2.19. The van der Waals surface area contributed by atoms with Crippen molar-refractivity contribution in [1.82, 2.24) is 10.2 Å². The number of ether oxygens (including phenoxy) is 1. The highest BCUT2D eigenvalue weighted by Crippen LogP contribution is 2.13. The van der Waals surface area contributed by atoms with Gasteiger partial charge >= 0.3 is 0 Å². The third kappa shape index (κ3) is 3.09. The maximum atomic E-state index is 4.96. The van der Waals surface area contributed by atoms with E-state index in [0.29, 0.717) is 0 Å². The number of nitrogens with one attached hydrogen (secondary N) is 1. The third-order valence-corrected chi connectivity index (χ3v) is 2.53. The molecule has 1 saturated heterocycles. The molecule has 1 atom stereocenters. The molecule has 0 saturated carbocycles. The summed E-state index contributed by atoms with van der Waals surface area (Å²) in [7, 11) is 3.94. The van der Waals surface area contributed by atoms with Crippen LogP contribution in [0.5, 0.6) is 0 Å². The van der Waals surface area contributed by atoms with Gasteiger partial charge in [0.1, 0.15) is 0 Å². The topological polar surface area (TPSA) is 24.5 Å². The average Bonchev–Trinajstić information content (AvgIpc) is 2.46. The Morgan fingerprint density at radius 3 is 3.00 bits per heavy atom. The Hall–Kier alpha value is -0.120. The predicted octanol–water partition coefficient (Wildman–Crippen LogP) is 0.317. The summed E-state index contributed by atoms with van der Waals surface area (Å²) in [4.78, 5) is 2.43. The molecule has 12 heavy (non-hydrogen) atoms. The molecule has 1 unspecified atom stereocenters. The van der Waals surface area contributed by atoms with Crippen LogP contribution in [0.15, 0.2) is 0 Å². The molecule has 0 bridgehead atoms. The second-order valence-corrected chi connectivity index (χ2v) is 3.47. The molecule has 0 radical (unpaired) electrons. The van der Waals surface area contributed by atoms with Crippen LogP contribution in [0.1, 0.15) is 12.8 Å². The Morgan fingerprint density at radius 1 is 1.58 bits per heavy atom. The minimum absolute atomic E-state index is 0.752. The number of likely N-dealkylation sites (tertiary alicyclic amines) is 1. The van der Waals surface area contributed by atoms with Gasteiger partial charge in [-0.1, -0.05) is 0 Å². The van der Waals surface area contributed by atoms with E-state index in [2.05, 4.69) is 17.3 Å². The van der Waals surface area contributed by atoms with E-state index in [1.807, 2.05) is 0 Å². The highest BCUT2D eigenvalue weighted by atomic mass is 16.5. The van der Waals surface area contributed by atoms with Gasteiger partial charge in [-0.15, -0.1) is 0 Å². The Kier molecular flexibility index (Phi) is 4.58. The smallest absolute Gasteiger partial charge is 0.0587 e. The summed E-state index contributed by atoms with van der Waals surface area (Å²) in [5, 5.41) is 3.39. The van der Waals surface area contributed by atoms with E-state index in [1.54, 1.807) is 7.11 Å². The molecule has 0 spiro atoms. The zero-order valence-corrected chi connectivity index (χ0v) is 8.18. The van der Waals surface area contributed by atoms with Gasteiger partial charge in [0.25, 0.3) is 0 Å². The highest BCUT2D eigenvalue weighted by molar-refractivity contribution is 4.77. The first-order chi connectivity index (χ1) is 5.84. The molecule has 1 N–H and O–H groups in total. The molecule has 1 fully saturated rings. The molecule has 3 heteroatoms. The Balaban J connectivity index is 1.98. The van der Waals surface area contributed by atoms with E-state index in [1.165, 1.54) is 19.4 Å². The molecule has 0 aromatic rings. The fraction of sp³-hybridized carbons (Fsp3) is 1.00. The number of methoxy groups -OCH3 is 1. The molecule has 1 rings (SSSR count). The minimum atomic E-state index is 0.752. The van der Waals surface area contributed by atoms with Crippen LogP contribution < -0.4 is 5.32 Å². The summed E-state index contributed by atoms with van der Waals surface area (Å²) < 4.78 is 4.96. The zero-order chi connectivity index (χ0) is 8.81. The second kappa shape index (κ2) is 5.51. The van der Waals surface area contributed by atoms with E-state index in [0.717, 1.165) is 25.7 Å². The van der Waals surface area contributed by atoms with Gasteiger partial charge in [-0.25, -0.2) is 0 Å². The molecule has 1 aliphatic heterocycles. The fourth-order valence-corrected chi connectivity index (χ4v) is 1.68. The first-order valence-corrected chi connectivity index (χ1v) is 4.74. The van der Waals surface area contributed by atoms with Crippen molar-refractivity contribution in [2.45, 2.75) is 18.9 Å². The quantitative estimate of drug-likeness (QED) is 0.604. The van der Waals surface area contributed by atoms with Gasteiger partial charge in [-0.3, -0.25) is 0 Å². The Morgan fingerprint density at radius 2 is 2.42 bits per heavy atom. The maximum absolute atomic E-state index is 4.96. The lowest BCUT2D eigenvalue weighted by molar-refractivity contribution is 0.195. The Bertz CT molecular complexity index is 119. The number of likely N-dealkylation sites (N-methyl/N-ethyl adjacent to an activating group) is 1. The summed E-state index contributed by atoms with van der Waals surface area (Å²) >= 11 is 0. The molecule has 1 heterocycles. The van der Waals surface area contributed by atoms with E-state index in [4.69, 9.17) is 4.74 Å². The van der Waals surface area contributed by atoms with E-state index >= 15 is 0 Å². The van der Waals surface area contributed by atoms with Crippen molar-refractivity contribution in [3.05, 3.63) is 0 Å². The largest absolute Gasteiger partial charge is 0.383 e. The van der Waals surface area contributed by atoms with Crippen molar-refractivity contribution >= 4 is 0 Å². The number of rotatable bonds is 5. The molecule has 0 aliphatic carbocycles. The number of nitrogens with zero attached hydrogens (tertiary/aromatic N) is 1. The molecule has 0 aromatic carbocycles. The standard InChI is InChI=1S/C9H20N2O/c1-11-6-3-4-9(11)8-10-5-7-12-2/h9-10H,3-8H2,1-2H3. The van der Waals surface area contributed by atoms with Crippen LogP contribution in [0.4, 0.5) is 0 Å². The lowest BCUT2D eigenvalue weighted by atomic mass is 10.2. The molecular formula is C9H20N2O. The summed E-state index contributed by atoms with van der Waals surface area (Å²) in [5.41, 5.74) is 0. The molecule has 3 nitrogen and oxygen atoms in total. The third-order valence-electron chi connectivity index (χ3n) is 2.53. The van der Waals surface area contributed by atoms with Crippen molar-refractivity contribution in [3.63, 3.8) is 0 Å². The number of hydrogen-bond acceptors (Lipinski definition) is 3. The molecule has 72 valence electrons. The molecular weight excluding hydrogens is 152 g/mol. The maximum Gasteiger partial charge on any atom is 0.0587 e. The van der Waals surface area contributed by atoms with Crippen LogP contribution >= 0.6 is 0 Å². The van der Waals surface area contributed by atoms with Crippen LogP contribution in [-0.4, -0.2) is 51.3 Å². The lowest BCUT2D eigenvalue weighted by Crippen LogP contribution is -2.36. The van der Waals surface area contributed by atoms with Crippen LogP contribution in [0.2, 0.25) is 0 Å². The van der Waals surface area contributed by atoms with Crippen molar-refractivity contribution < 1.29 is 4.74 Å². The summed E-state index contributed by atoms with van der Waals surface area (Å²) in [6, 6.07) is 0.752. The van der Waals surface area contributed by atoms with Crippen LogP contribution in [0.3, 0.4) is 0 Å². The van der Waals surface area contributed by atoms with Crippen molar-refractivity contribution in [2.24, 2.45) is 0 Å². The Labute approximate surface area is 75.1 Å². The predicted molar refractivity (Wildman–Crippen MR) is 50.4 cm³/mol. The fourth-order valence-electron chi connectivity index (χ4n) is 1.68. The van der Waals surface area contributed by atoms with Crippen LogP contribution in [0, 0.1) is 0 Å². The summed E-state index contributed by atoms with van der Waals surface area (Å²) in [5.74, 6) is 0. The van der Waals surface area contributed by atoms with E-state index in [9.17, 15) is 0 Å². The van der Waals surface area contributed by atoms with Crippen molar-refractivity contribution in [1.29, 1.82) is 0 Å². The first kappa shape index (κ1) is 9.96. The van der Waals surface area contributed by atoms with Crippen molar-refractivity contribution in [2.75, 3.05) is 40.4 Å². The van der Waals surface area contributed by atoms with E-state index in [-0.39, 0.29) is 0 Å². The second-order valence-electron chi connectivity index (χ2n) is 3.47. The van der Waals surface area contributed by atoms with Gasteiger partial charge in [-0.05, 0) is 26.4 Å². The summed E-state index contributed by atoms with van der Waals surface area (Å²) in [6.07, 6.45) is 2.70. The van der Waals surface area contributed by atoms with Gasteiger partial charge in [0.05, 0.1) is 6.61 Å². The first-order valence-electron chi connectivity index (χ1n) is 4.74. The molecule has 0 amide bonds. The number of hydrogen-bond donors (Lipinski definition) is 1. The van der Waals surface area contributed by atoms with Gasteiger partial charge in [-0.2, -0.15) is 0 Å². The van der Waals surface area contributed by atoms with Gasteiger partial charge in [0.2, 0.25) is 0 Å². The monoisotopic (exact) mass is 172 g/mol. The van der Waals surface area contributed by atoms with Gasteiger partial charge in [0.15, 0.2) is 0 Å². The van der Waals surface area contributed by atoms with Crippen LogP contribution in [-0.2, 0) is 4.74 Å². The van der Waals surface area contributed by atoms with Crippen LogP contribution in [0.25, 0.3) is 0 Å². The lowest BCUT2D eigenvalue weighted by Gasteiger charge is -2.19. The summed E-state index contributed by atoms with van der Waals surface area (Å²) in [6.45, 7) is 4.16. The van der Waals surface area contributed by atoms with Gasteiger partial charge in [0, 0.05) is 26.2 Å². The van der Waals surface area contributed by atoms with Gasteiger partial charge < -0.3 is 15.0 Å².